The number of rotatable bonds is 4. The Bertz CT molecular complexity index is 821. The lowest BCUT2D eigenvalue weighted by Gasteiger charge is -2.39. The molecule has 0 saturated carbocycles. The zero-order valence-electron chi connectivity index (χ0n) is 14.7. The van der Waals surface area contributed by atoms with Gasteiger partial charge in [-0.05, 0) is 31.2 Å². The number of piperazine rings is 1. The first kappa shape index (κ1) is 18.5. The molecule has 0 aliphatic carbocycles. The third-order valence-electron chi connectivity index (χ3n) is 4.55. The smallest absolute Gasteiger partial charge is 0.276 e. The maximum absolute atomic E-state index is 13.0. The van der Waals surface area contributed by atoms with E-state index in [-0.39, 0.29) is 35.8 Å². The number of amides is 1. The number of benzene rings is 1. The number of hydrogen-bond acceptors (Lipinski definition) is 4. The molecule has 1 aliphatic rings. The van der Waals surface area contributed by atoms with E-state index in [1.54, 1.807) is 18.1 Å². The molecule has 1 aromatic heterocycles. The summed E-state index contributed by atoms with van der Waals surface area (Å²) in [5.41, 5.74) is 0.731. The fourth-order valence-electron chi connectivity index (χ4n) is 3.08. The average Bonchev–Trinajstić information content (AvgIpc) is 2.94. The Hall–Kier alpha value is -2.25. The summed E-state index contributed by atoms with van der Waals surface area (Å²) in [4.78, 5) is 28.7. The number of halogens is 2. The minimum absolute atomic E-state index is 0.0135. The summed E-state index contributed by atoms with van der Waals surface area (Å²) in [6.45, 7) is 3.76. The molecule has 2 aromatic rings. The van der Waals surface area contributed by atoms with Crippen LogP contribution in [-0.4, -0.2) is 63.5 Å². The third-order valence-corrected chi connectivity index (χ3v) is 4.83. The molecule has 0 bridgehead atoms. The molecule has 1 aromatic carbocycles. The summed E-state index contributed by atoms with van der Waals surface area (Å²) in [7, 11) is 1.71. The largest absolute Gasteiger partial charge is 0.334 e. The summed E-state index contributed by atoms with van der Waals surface area (Å²) in [6.07, 6.45) is 1.59. The molecule has 138 valence electrons. The minimum atomic E-state index is -0.366. The molecular formula is C18H20ClFN4O2. The second-order valence-corrected chi connectivity index (χ2v) is 6.91. The van der Waals surface area contributed by atoms with Crippen molar-refractivity contribution in [3.05, 3.63) is 52.6 Å². The molecule has 2 heterocycles. The topological polar surface area (TPSA) is 58.4 Å². The van der Waals surface area contributed by atoms with Crippen LogP contribution < -0.4 is 0 Å². The number of carbonyl (C=O) groups is 2. The first-order chi connectivity index (χ1) is 12.3. The van der Waals surface area contributed by atoms with Crippen molar-refractivity contribution in [1.82, 2.24) is 19.6 Å². The Balaban J connectivity index is 1.61. The fourth-order valence-corrected chi connectivity index (χ4v) is 3.34. The van der Waals surface area contributed by atoms with Gasteiger partial charge in [-0.25, -0.2) is 4.39 Å². The van der Waals surface area contributed by atoms with Crippen LogP contribution in [0.5, 0.6) is 0 Å². The lowest BCUT2D eigenvalue weighted by atomic mass is 10.1. The van der Waals surface area contributed by atoms with Crippen LogP contribution in [-0.2, 0) is 7.05 Å². The average molecular weight is 379 g/mol. The van der Waals surface area contributed by atoms with Gasteiger partial charge in [-0.1, -0.05) is 11.6 Å². The van der Waals surface area contributed by atoms with E-state index in [0.717, 1.165) is 0 Å². The molecule has 26 heavy (non-hydrogen) atoms. The Morgan fingerprint density at radius 2 is 1.96 bits per heavy atom. The number of Topliss-reactive ketones (excluding diaryl/α,β-unsaturated/α-hetero) is 1. The number of hydrogen-bond donors (Lipinski definition) is 0. The molecule has 1 fully saturated rings. The molecular weight excluding hydrogens is 359 g/mol. The zero-order chi connectivity index (χ0) is 18.8. The van der Waals surface area contributed by atoms with Crippen LogP contribution in [0.3, 0.4) is 0 Å². The molecule has 0 N–H and O–H groups in total. The van der Waals surface area contributed by atoms with Crippen LogP contribution >= 0.6 is 11.6 Å². The number of ketones is 1. The summed E-state index contributed by atoms with van der Waals surface area (Å²) in [6, 6.07) is 5.56. The Morgan fingerprint density at radius 1 is 1.27 bits per heavy atom. The van der Waals surface area contributed by atoms with E-state index >= 15 is 0 Å². The fraction of sp³-hybridized carbons (Fsp3) is 0.389. The van der Waals surface area contributed by atoms with Gasteiger partial charge in [0.25, 0.3) is 5.91 Å². The van der Waals surface area contributed by atoms with Gasteiger partial charge in [0.05, 0.1) is 11.6 Å². The van der Waals surface area contributed by atoms with Gasteiger partial charge in [0.1, 0.15) is 5.82 Å². The van der Waals surface area contributed by atoms with Gasteiger partial charge in [0.15, 0.2) is 11.5 Å². The van der Waals surface area contributed by atoms with Crippen molar-refractivity contribution in [3.8, 4) is 0 Å². The molecule has 0 unspecified atom stereocenters. The van der Waals surface area contributed by atoms with Crippen LogP contribution in [0, 0.1) is 5.82 Å². The maximum atomic E-state index is 13.0. The Labute approximate surface area is 156 Å². The SMILES string of the molecule is C[C@@H]1CN(C(=O)c2nn(C)cc2Cl)CCN1CC(=O)c1ccc(F)cc1. The van der Waals surface area contributed by atoms with E-state index in [1.165, 1.54) is 28.9 Å². The van der Waals surface area contributed by atoms with Crippen molar-refractivity contribution in [1.29, 1.82) is 0 Å². The van der Waals surface area contributed by atoms with Crippen molar-refractivity contribution < 1.29 is 14.0 Å². The van der Waals surface area contributed by atoms with Crippen molar-refractivity contribution in [3.63, 3.8) is 0 Å². The lowest BCUT2D eigenvalue weighted by Crippen LogP contribution is -2.54. The minimum Gasteiger partial charge on any atom is -0.334 e. The molecule has 1 amide bonds. The van der Waals surface area contributed by atoms with E-state index in [0.29, 0.717) is 30.2 Å². The van der Waals surface area contributed by atoms with E-state index in [4.69, 9.17) is 11.6 Å². The van der Waals surface area contributed by atoms with Crippen molar-refractivity contribution >= 4 is 23.3 Å². The highest BCUT2D eigenvalue weighted by Gasteiger charge is 2.30. The first-order valence-corrected chi connectivity index (χ1v) is 8.74. The maximum Gasteiger partial charge on any atom is 0.276 e. The number of aryl methyl sites for hydroxylation is 1. The molecule has 1 atom stereocenters. The van der Waals surface area contributed by atoms with Gasteiger partial charge >= 0.3 is 0 Å². The van der Waals surface area contributed by atoms with Gasteiger partial charge in [0.2, 0.25) is 0 Å². The summed E-state index contributed by atoms with van der Waals surface area (Å²) >= 11 is 6.06. The monoisotopic (exact) mass is 378 g/mol. The molecule has 6 nitrogen and oxygen atoms in total. The summed E-state index contributed by atoms with van der Waals surface area (Å²) < 4.78 is 14.5. The van der Waals surface area contributed by atoms with E-state index in [2.05, 4.69) is 5.10 Å². The Morgan fingerprint density at radius 3 is 2.54 bits per heavy atom. The van der Waals surface area contributed by atoms with Gasteiger partial charge in [-0.15, -0.1) is 0 Å². The second kappa shape index (κ2) is 7.55. The Kier molecular flexibility index (Phi) is 5.38. The van der Waals surface area contributed by atoms with Crippen LogP contribution in [0.15, 0.2) is 30.5 Å². The van der Waals surface area contributed by atoms with Gasteiger partial charge in [0, 0.05) is 44.5 Å². The number of aromatic nitrogens is 2. The normalized spacial score (nSPS) is 18.2. The van der Waals surface area contributed by atoms with Gasteiger partial charge < -0.3 is 4.90 Å². The predicted octanol–water partition coefficient (Wildman–Crippen LogP) is 2.24. The van der Waals surface area contributed by atoms with Crippen molar-refractivity contribution in [2.75, 3.05) is 26.2 Å². The lowest BCUT2D eigenvalue weighted by molar-refractivity contribution is 0.0497. The molecule has 3 rings (SSSR count). The van der Waals surface area contributed by atoms with E-state index in [1.807, 2.05) is 11.8 Å². The van der Waals surface area contributed by atoms with Gasteiger partial charge in [-0.2, -0.15) is 5.10 Å². The highest BCUT2D eigenvalue weighted by molar-refractivity contribution is 6.33. The molecule has 1 aliphatic heterocycles. The van der Waals surface area contributed by atoms with E-state index in [9.17, 15) is 14.0 Å². The van der Waals surface area contributed by atoms with Crippen molar-refractivity contribution in [2.45, 2.75) is 13.0 Å². The molecule has 1 saturated heterocycles. The highest BCUT2D eigenvalue weighted by Crippen LogP contribution is 2.18. The van der Waals surface area contributed by atoms with Crippen LogP contribution in [0.25, 0.3) is 0 Å². The molecule has 0 spiro atoms. The summed E-state index contributed by atoms with van der Waals surface area (Å²) in [5.74, 6) is -0.633. The molecule has 8 heteroatoms. The third kappa shape index (κ3) is 3.94. The first-order valence-electron chi connectivity index (χ1n) is 8.36. The standard InChI is InChI=1S/C18H20ClFN4O2/c1-12-9-24(18(26)17-15(19)10-22(2)21-17)8-7-23(12)11-16(25)13-3-5-14(20)6-4-13/h3-6,10,12H,7-9,11H2,1-2H3/t12-/m1/s1. The summed E-state index contributed by atoms with van der Waals surface area (Å²) in [5, 5.41) is 4.45. The second-order valence-electron chi connectivity index (χ2n) is 6.50. The van der Waals surface area contributed by atoms with Gasteiger partial charge in [-0.3, -0.25) is 19.2 Å². The van der Waals surface area contributed by atoms with Crippen LogP contribution in [0.2, 0.25) is 5.02 Å². The van der Waals surface area contributed by atoms with Crippen molar-refractivity contribution in [2.24, 2.45) is 7.05 Å². The zero-order valence-corrected chi connectivity index (χ0v) is 15.4. The number of carbonyl (C=O) groups excluding carboxylic acids is 2. The van der Waals surface area contributed by atoms with E-state index < -0.39 is 0 Å². The number of nitrogens with zero attached hydrogens (tertiary/aromatic N) is 4. The predicted molar refractivity (Wildman–Crippen MR) is 95.9 cm³/mol. The van der Waals surface area contributed by atoms with Crippen LogP contribution in [0.1, 0.15) is 27.8 Å². The quantitative estimate of drug-likeness (QED) is 0.766. The highest BCUT2D eigenvalue weighted by atomic mass is 35.5. The van der Waals surface area contributed by atoms with Crippen LogP contribution in [0.4, 0.5) is 4.39 Å². The molecule has 0 radical (unpaired) electrons.